The standard InChI is InChI=1S/C20H21NO5/c22-11-5-10-18(19(23)24)21-20(25)26-12-17-15-8-3-1-6-13(15)14-7-2-4-9-16(14)17/h1-4,6-9,17-18,22H,5,10-12H2,(H,21,25)(H,23,24). The van der Waals surface area contributed by atoms with Crippen LogP contribution in [0.3, 0.4) is 0 Å². The monoisotopic (exact) mass is 355 g/mol. The minimum atomic E-state index is -1.15. The molecule has 0 fully saturated rings. The molecule has 3 N–H and O–H groups in total. The minimum absolute atomic E-state index is 0.0751. The lowest BCUT2D eigenvalue weighted by Gasteiger charge is -2.17. The second-order valence-electron chi connectivity index (χ2n) is 6.23. The Labute approximate surface area is 151 Å². The van der Waals surface area contributed by atoms with Crippen molar-refractivity contribution in [1.29, 1.82) is 0 Å². The molecule has 0 heterocycles. The van der Waals surface area contributed by atoms with Crippen LogP contribution in [0.5, 0.6) is 0 Å². The third-order valence-corrected chi connectivity index (χ3v) is 4.58. The molecule has 0 aromatic heterocycles. The highest BCUT2D eigenvalue weighted by molar-refractivity contribution is 5.81. The second-order valence-corrected chi connectivity index (χ2v) is 6.23. The summed E-state index contributed by atoms with van der Waals surface area (Å²) in [7, 11) is 0. The Bertz CT molecular complexity index is 759. The van der Waals surface area contributed by atoms with Crippen molar-refractivity contribution in [1.82, 2.24) is 5.32 Å². The first-order valence-electron chi connectivity index (χ1n) is 8.57. The van der Waals surface area contributed by atoms with Crippen molar-refractivity contribution in [2.24, 2.45) is 0 Å². The maximum atomic E-state index is 12.0. The van der Waals surface area contributed by atoms with E-state index in [1.165, 1.54) is 0 Å². The first-order valence-corrected chi connectivity index (χ1v) is 8.57. The van der Waals surface area contributed by atoms with Crippen molar-refractivity contribution in [3.05, 3.63) is 59.7 Å². The van der Waals surface area contributed by atoms with Crippen LogP contribution < -0.4 is 5.32 Å². The fraction of sp³-hybridized carbons (Fsp3) is 0.300. The first kappa shape index (κ1) is 17.9. The maximum Gasteiger partial charge on any atom is 0.407 e. The Morgan fingerprint density at radius 1 is 1.04 bits per heavy atom. The molecule has 2 aromatic carbocycles. The molecule has 0 spiro atoms. The number of carboxylic acids is 1. The summed E-state index contributed by atoms with van der Waals surface area (Å²) in [6.45, 7) is 0.00233. The van der Waals surface area contributed by atoms with Gasteiger partial charge in [-0.2, -0.15) is 0 Å². The van der Waals surface area contributed by atoms with Gasteiger partial charge in [-0.1, -0.05) is 48.5 Å². The molecule has 0 aliphatic heterocycles. The van der Waals surface area contributed by atoms with Crippen LogP contribution in [0.1, 0.15) is 29.9 Å². The lowest BCUT2D eigenvalue weighted by molar-refractivity contribution is -0.139. The van der Waals surface area contributed by atoms with Crippen LogP contribution in [0.25, 0.3) is 11.1 Å². The molecule has 3 rings (SSSR count). The molecule has 6 nitrogen and oxygen atoms in total. The molecule has 1 amide bonds. The van der Waals surface area contributed by atoms with Crippen molar-refractivity contribution in [3.63, 3.8) is 0 Å². The van der Waals surface area contributed by atoms with Gasteiger partial charge in [-0.3, -0.25) is 0 Å². The predicted molar refractivity (Wildman–Crippen MR) is 95.9 cm³/mol. The number of nitrogens with one attached hydrogen (secondary N) is 1. The lowest BCUT2D eigenvalue weighted by Crippen LogP contribution is -2.41. The Morgan fingerprint density at radius 3 is 2.15 bits per heavy atom. The molecule has 136 valence electrons. The zero-order chi connectivity index (χ0) is 18.5. The van der Waals surface area contributed by atoms with E-state index in [-0.39, 0.29) is 25.6 Å². The van der Waals surface area contributed by atoms with Crippen LogP contribution in [0.2, 0.25) is 0 Å². The van der Waals surface area contributed by atoms with Crippen LogP contribution in [0.4, 0.5) is 4.79 Å². The number of carbonyl (C=O) groups excluding carboxylic acids is 1. The summed E-state index contributed by atoms with van der Waals surface area (Å²) in [6, 6.07) is 14.9. The zero-order valence-electron chi connectivity index (χ0n) is 14.2. The van der Waals surface area contributed by atoms with Crippen molar-refractivity contribution >= 4 is 12.1 Å². The van der Waals surface area contributed by atoms with Gasteiger partial charge in [-0.25, -0.2) is 9.59 Å². The molecule has 6 heteroatoms. The number of hydrogen-bond donors (Lipinski definition) is 3. The van der Waals surface area contributed by atoms with Gasteiger partial charge in [0.1, 0.15) is 12.6 Å². The van der Waals surface area contributed by atoms with Crippen molar-refractivity contribution < 1.29 is 24.5 Å². The van der Waals surface area contributed by atoms with Crippen LogP contribution >= 0.6 is 0 Å². The van der Waals surface area contributed by atoms with Gasteiger partial charge >= 0.3 is 12.1 Å². The fourth-order valence-corrected chi connectivity index (χ4v) is 3.34. The third-order valence-electron chi connectivity index (χ3n) is 4.58. The fourth-order valence-electron chi connectivity index (χ4n) is 3.34. The molecule has 0 saturated heterocycles. The molecule has 0 radical (unpaired) electrons. The molecule has 0 bridgehead atoms. The second kappa shape index (κ2) is 8.01. The Balaban J connectivity index is 1.68. The molecule has 1 aliphatic carbocycles. The highest BCUT2D eigenvalue weighted by Crippen LogP contribution is 2.44. The number of rotatable bonds is 7. The van der Waals surface area contributed by atoms with E-state index in [2.05, 4.69) is 5.32 Å². The molecule has 0 saturated carbocycles. The van der Waals surface area contributed by atoms with Gasteiger partial charge in [0.2, 0.25) is 0 Å². The summed E-state index contributed by atoms with van der Waals surface area (Å²) in [4.78, 5) is 23.2. The number of hydrogen-bond acceptors (Lipinski definition) is 4. The highest BCUT2D eigenvalue weighted by atomic mass is 16.5. The van der Waals surface area contributed by atoms with Crippen LogP contribution in [0.15, 0.2) is 48.5 Å². The van der Waals surface area contributed by atoms with E-state index in [1.54, 1.807) is 0 Å². The molecular weight excluding hydrogens is 334 g/mol. The van der Waals surface area contributed by atoms with E-state index < -0.39 is 18.1 Å². The van der Waals surface area contributed by atoms with E-state index >= 15 is 0 Å². The molecule has 1 aliphatic rings. The Kier molecular flexibility index (Phi) is 5.53. The van der Waals surface area contributed by atoms with Gasteiger partial charge in [0.15, 0.2) is 0 Å². The Hall–Kier alpha value is -2.86. The van der Waals surface area contributed by atoms with E-state index in [9.17, 15) is 9.59 Å². The summed E-state index contributed by atoms with van der Waals surface area (Å²) in [5.74, 6) is -1.22. The minimum Gasteiger partial charge on any atom is -0.480 e. The highest BCUT2D eigenvalue weighted by Gasteiger charge is 2.29. The van der Waals surface area contributed by atoms with E-state index in [0.717, 1.165) is 22.3 Å². The topological polar surface area (TPSA) is 95.9 Å². The van der Waals surface area contributed by atoms with E-state index in [0.29, 0.717) is 6.42 Å². The molecule has 26 heavy (non-hydrogen) atoms. The van der Waals surface area contributed by atoms with Gasteiger partial charge in [0.25, 0.3) is 0 Å². The SMILES string of the molecule is O=C(NC(CCCO)C(=O)O)OCC1c2ccccc2-c2ccccc21. The van der Waals surface area contributed by atoms with Gasteiger partial charge in [0, 0.05) is 12.5 Å². The summed E-state index contributed by atoms with van der Waals surface area (Å²) in [6.07, 6.45) is -0.325. The predicted octanol–water partition coefficient (Wildman–Crippen LogP) is 2.75. The molecule has 1 atom stereocenters. The number of fused-ring (bicyclic) bond motifs is 3. The number of benzene rings is 2. The van der Waals surface area contributed by atoms with Crippen molar-refractivity contribution in [2.45, 2.75) is 24.8 Å². The number of ether oxygens (including phenoxy) is 1. The first-order chi connectivity index (χ1) is 12.6. The lowest BCUT2D eigenvalue weighted by atomic mass is 9.98. The van der Waals surface area contributed by atoms with Crippen LogP contribution in [-0.4, -0.2) is 41.5 Å². The average molecular weight is 355 g/mol. The number of carbonyl (C=O) groups is 2. The summed E-state index contributed by atoms with van der Waals surface area (Å²) < 4.78 is 5.32. The average Bonchev–Trinajstić information content (AvgIpc) is 2.97. The smallest absolute Gasteiger partial charge is 0.407 e. The van der Waals surface area contributed by atoms with Gasteiger partial charge in [0.05, 0.1) is 0 Å². The molecule has 1 unspecified atom stereocenters. The normalized spacial score (nSPS) is 13.6. The van der Waals surface area contributed by atoms with E-state index in [4.69, 9.17) is 14.9 Å². The molecular formula is C20H21NO5. The number of aliphatic hydroxyl groups is 1. The van der Waals surface area contributed by atoms with Crippen LogP contribution in [0, 0.1) is 0 Å². The van der Waals surface area contributed by atoms with Crippen molar-refractivity contribution in [3.8, 4) is 11.1 Å². The van der Waals surface area contributed by atoms with Crippen LogP contribution in [-0.2, 0) is 9.53 Å². The van der Waals surface area contributed by atoms with Gasteiger partial charge in [-0.15, -0.1) is 0 Å². The number of aliphatic hydroxyl groups excluding tert-OH is 1. The van der Waals surface area contributed by atoms with Crippen molar-refractivity contribution in [2.75, 3.05) is 13.2 Å². The molecule has 2 aromatic rings. The maximum absolute atomic E-state index is 12.0. The summed E-state index contributed by atoms with van der Waals surface area (Å²) >= 11 is 0. The summed E-state index contributed by atoms with van der Waals surface area (Å²) in [5, 5.41) is 20.3. The zero-order valence-corrected chi connectivity index (χ0v) is 14.2. The largest absolute Gasteiger partial charge is 0.480 e. The number of carboxylic acid groups (broad SMARTS) is 1. The van der Waals surface area contributed by atoms with Gasteiger partial charge < -0.3 is 20.3 Å². The number of alkyl carbamates (subject to hydrolysis) is 1. The summed E-state index contributed by atoms with van der Waals surface area (Å²) in [5.41, 5.74) is 4.44. The number of aliphatic carboxylic acids is 1. The number of amides is 1. The van der Waals surface area contributed by atoms with E-state index in [1.807, 2.05) is 48.5 Å². The Morgan fingerprint density at radius 2 is 1.62 bits per heavy atom. The third kappa shape index (κ3) is 3.70. The quantitative estimate of drug-likeness (QED) is 0.710. The van der Waals surface area contributed by atoms with Gasteiger partial charge in [-0.05, 0) is 35.1 Å².